The molecule has 0 aliphatic rings. The Bertz CT molecular complexity index is 389. The molecule has 0 aliphatic carbocycles. The molecule has 3 heteroatoms. The van der Waals surface area contributed by atoms with Crippen LogP contribution in [-0.4, -0.2) is 25.1 Å². The van der Waals surface area contributed by atoms with Crippen LogP contribution in [0.25, 0.3) is 0 Å². The standard InChI is InChI=1S/C18H33N3/c1-14(2)8-11-21(12-9-15(3)4)18-13-17(7-10-20-18)16(5)19-6/h7,10,13-16,19H,8-9,11-12H2,1-6H3. The summed E-state index contributed by atoms with van der Waals surface area (Å²) in [5.41, 5.74) is 1.31. The fraction of sp³-hybridized carbons (Fsp3) is 0.722. The van der Waals surface area contributed by atoms with E-state index in [1.807, 2.05) is 13.2 Å². The highest BCUT2D eigenvalue weighted by Gasteiger charge is 2.12. The molecule has 0 amide bonds. The molecule has 1 unspecified atom stereocenters. The third-order valence-electron chi connectivity index (χ3n) is 3.98. The number of rotatable bonds is 9. The van der Waals surface area contributed by atoms with Gasteiger partial charge in [-0.25, -0.2) is 4.98 Å². The van der Waals surface area contributed by atoms with Gasteiger partial charge in [-0.2, -0.15) is 0 Å². The topological polar surface area (TPSA) is 28.2 Å². The first-order chi connectivity index (χ1) is 9.93. The van der Waals surface area contributed by atoms with E-state index < -0.39 is 0 Å². The fourth-order valence-corrected chi connectivity index (χ4v) is 2.21. The van der Waals surface area contributed by atoms with E-state index in [2.05, 4.69) is 62.0 Å². The Labute approximate surface area is 131 Å². The lowest BCUT2D eigenvalue weighted by Gasteiger charge is -2.26. The van der Waals surface area contributed by atoms with E-state index in [1.54, 1.807) is 0 Å². The maximum absolute atomic E-state index is 4.61. The molecule has 120 valence electrons. The number of nitrogens with zero attached hydrogens (tertiary/aromatic N) is 2. The molecule has 1 heterocycles. The first kappa shape index (κ1) is 18.0. The lowest BCUT2D eigenvalue weighted by atomic mass is 10.1. The highest BCUT2D eigenvalue weighted by Crippen LogP contribution is 2.20. The predicted octanol–water partition coefficient (Wildman–Crippen LogP) is 4.26. The molecule has 0 aromatic carbocycles. The summed E-state index contributed by atoms with van der Waals surface area (Å²) in [5.74, 6) is 2.58. The second-order valence-electron chi connectivity index (χ2n) is 6.81. The lowest BCUT2D eigenvalue weighted by Crippen LogP contribution is -2.28. The maximum Gasteiger partial charge on any atom is 0.128 e. The average Bonchev–Trinajstić information content (AvgIpc) is 2.46. The molecule has 1 atom stereocenters. The minimum atomic E-state index is 0.365. The van der Waals surface area contributed by atoms with Gasteiger partial charge in [-0.1, -0.05) is 27.7 Å². The van der Waals surface area contributed by atoms with Crippen LogP contribution in [0.1, 0.15) is 59.1 Å². The molecular formula is C18H33N3. The molecule has 3 nitrogen and oxygen atoms in total. The molecule has 0 radical (unpaired) electrons. The number of pyridine rings is 1. The van der Waals surface area contributed by atoms with Crippen molar-refractivity contribution in [3.8, 4) is 0 Å². The van der Waals surface area contributed by atoms with Crippen molar-refractivity contribution in [3.63, 3.8) is 0 Å². The highest BCUT2D eigenvalue weighted by molar-refractivity contribution is 5.41. The van der Waals surface area contributed by atoms with Crippen LogP contribution in [0.15, 0.2) is 18.3 Å². The Morgan fingerprint density at radius 1 is 1.05 bits per heavy atom. The summed E-state index contributed by atoms with van der Waals surface area (Å²) in [6.45, 7) is 13.5. The summed E-state index contributed by atoms with van der Waals surface area (Å²) in [6, 6.07) is 4.71. The van der Waals surface area contributed by atoms with Crippen molar-refractivity contribution in [2.75, 3.05) is 25.0 Å². The van der Waals surface area contributed by atoms with Gasteiger partial charge in [0, 0.05) is 25.3 Å². The Morgan fingerprint density at radius 3 is 2.10 bits per heavy atom. The average molecular weight is 291 g/mol. The van der Waals surface area contributed by atoms with E-state index >= 15 is 0 Å². The van der Waals surface area contributed by atoms with Crippen LogP contribution >= 0.6 is 0 Å². The van der Waals surface area contributed by atoms with E-state index in [0.717, 1.165) is 30.7 Å². The van der Waals surface area contributed by atoms with Gasteiger partial charge < -0.3 is 10.2 Å². The molecule has 21 heavy (non-hydrogen) atoms. The van der Waals surface area contributed by atoms with Crippen molar-refractivity contribution in [2.45, 2.75) is 53.5 Å². The summed E-state index contributed by atoms with van der Waals surface area (Å²) in [4.78, 5) is 7.06. The number of anilines is 1. The third-order valence-corrected chi connectivity index (χ3v) is 3.98. The van der Waals surface area contributed by atoms with Gasteiger partial charge in [-0.3, -0.25) is 0 Å². The summed E-state index contributed by atoms with van der Waals surface area (Å²) < 4.78 is 0. The summed E-state index contributed by atoms with van der Waals surface area (Å²) in [6.07, 6.45) is 4.37. The van der Waals surface area contributed by atoms with E-state index in [-0.39, 0.29) is 0 Å². The van der Waals surface area contributed by atoms with Crippen molar-refractivity contribution >= 4 is 5.82 Å². The lowest BCUT2D eigenvalue weighted by molar-refractivity contribution is 0.532. The second kappa shape index (κ2) is 9.04. The van der Waals surface area contributed by atoms with Gasteiger partial charge in [0.2, 0.25) is 0 Å². The molecule has 1 N–H and O–H groups in total. The van der Waals surface area contributed by atoms with Crippen LogP contribution in [0.5, 0.6) is 0 Å². The van der Waals surface area contributed by atoms with Gasteiger partial charge in [-0.15, -0.1) is 0 Å². The fourth-order valence-electron chi connectivity index (χ4n) is 2.21. The Balaban J connectivity index is 2.84. The SMILES string of the molecule is CNC(C)c1ccnc(N(CCC(C)C)CCC(C)C)c1. The van der Waals surface area contributed by atoms with Crippen LogP contribution < -0.4 is 10.2 Å². The molecular weight excluding hydrogens is 258 g/mol. The minimum absolute atomic E-state index is 0.365. The highest BCUT2D eigenvalue weighted by atomic mass is 15.2. The summed E-state index contributed by atoms with van der Waals surface area (Å²) in [5, 5.41) is 3.30. The van der Waals surface area contributed by atoms with Crippen LogP contribution in [0.3, 0.4) is 0 Å². The van der Waals surface area contributed by atoms with Crippen LogP contribution in [0.4, 0.5) is 5.82 Å². The third kappa shape index (κ3) is 6.47. The Kier molecular flexibility index (Phi) is 7.73. The molecule has 0 saturated heterocycles. The largest absolute Gasteiger partial charge is 0.357 e. The van der Waals surface area contributed by atoms with E-state index in [1.165, 1.54) is 18.4 Å². The van der Waals surface area contributed by atoms with Crippen LogP contribution in [0.2, 0.25) is 0 Å². The van der Waals surface area contributed by atoms with Crippen molar-refractivity contribution in [2.24, 2.45) is 11.8 Å². The van der Waals surface area contributed by atoms with Gasteiger partial charge in [-0.05, 0) is 56.3 Å². The second-order valence-corrected chi connectivity index (χ2v) is 6.81. The molecule has 1 aromatic heterocycles. The molecule has 0 fully saturated rings. The van der Waals surface area contributed by atoms with Crippen LogP contribution in [0, 0.1) is 11.8 Å². The number of hydrogen-bond acceptors (Lipinski definition) is 3. The van der Waals surface area contributed by atoms with Gasteiger partial charge in [0.1, 0.15) is 5.82 Å². The van der Waals surface area contributed by atoms with Gasteiger partial charge >= 0.3 is 0 Å². The summed E-state index contributed by atoms with van der Waals surface area (Å²) >= 11 is 0. The minimum Gasteiger partial charge on any atom is -0.357 e. The molecule has 0 bridgehead atoms. The Morgan fingerprint density at radius 2 is 1.62 bits per heavy atom. The quantitative estimate of drug-likeness (QED) is 0.737. The maximum atomic E-state index is 4.61. The first-order valence-corrected chi connectivity index (χ1v) is 8.32. The number of nitrogens with one attached hydrogen (secondary N) is 1. The van der Waals surface area contributed by atoms with Crippen molar-refractivity contribution < 1.29 is 0 Å². The van der Waals surface area contributed by atoms with E-state index in [9.17, 15) is 0 Å². The predicted molar refractivity (Wildman–Crippen MR) is 92.8 cm³/mol. The van der Waals surface area contributed by atoms with E-state index in [0.29, 0.717) is 6.04 Å². The molecule has 0 saturated carbocycles. The smallest absolute Gasteiger partial charge is 0.128 e. The van der Waals surface area contributed by atoms with Crippen molar-refractivity contribution in [1.29, 1.82) is 0 Å². The Hall–Kier alpha value is -1.09. The van der Waals surface area contributed by atoms with Gasteiger partial charge in [0.15, 0.2) is 0 Å². The van der Waals surface area contributed by atoms with E-state index in [4.69, 9.17) is 0 Å². The van der Waals surface area contributed by atoms with Crippen molar-refractivity contribution in [3.05, 3.63) is 23.9 Å². The number of hydrogen-bond donors (Lipinski definition) is 1. The zero-order chi connectivity index (χ0) is 15.8. The zero-order valence-electron chi connectivity index (χ0n) is 14.7. The zero-order valence-corrected chi connectivity index (χ0v) is 14.7. The molecule has 1 aromatic rings. The monoisotopic (exact) mass is 291 g/mol. The first-order valence-electron chi connectivity index (χ1n) is 8.32. The van der Waals surface area contributed by atoms with Gasteiger partial charge in [0.25, 0.3) is 0 Å². The van der Waals surface area contributed by atoms with Crippen molar-refractivity contribution in [1.82, 2.24) is 10.3 Å². The molecule has 0 spiro atoms. The normalized spacial score (nSPS) is 13.0. The molecule has 1 rings (SSSR count). The number of aromatic nitrogens is 1. The summed E-state index contributed by atoms with van der Waals surface area (Å²) in [7, 11) is 2.00. The van der Waals surface area contributed by atoms with Gasteiger partial charge in [0.05, 0.1) is 0 Å². The van der Waals surface area contributed by atoms with Crippen LogP contribution in [-0.2, 0) is 0 Å². The molecule has 0 aliphatic heterocycles.